The third-order valence-electron chi connectivity index (χ3n) is 1.67. The molecule has 0 bridgehead atoms. The Hall–Kier alpha value is 0.220. The van der Waals surface area contributed by atoms with Crippen LogP contribution in [0.15, 0.2) is 5.18 Å². The average molecular weight is 225 g/mol. The fraction of sp³-hybridized carbons (Fsp3) is 1.00. The summed E-state index contributed by atoms with van der Waals surface area (Å²) in [5, 5.41) is 20.6. The fourth-order valence-electron chi connectivity index (χ4n) is 0.933. The molecule has 0 aliphatic carbocycles. The van der Waals surface area contributed by atoms with Gasteiger partial charge in [-0.1, -0.05) is 5.18 Å². The minimum Gasteiger partial charge on any atom is -0.383 e. The topological polar surface area (TPSA) is 69.9 Å². The highest BCUT2D eigenvalue weighted by molar-refractivity contribution is 7.80. The van der Waals surface area contributed by atoms with E-state index in [-0.39, 0.29) is 6.04 Å². The lowest BCUT2D eigenvalue weighted by molar-refractivity contribution is 0.233. The standard InChI is InChI=1S/C7H15NO3S2/c9-6(12)3-1-5(8-11)2-4-7(10)13/h5-7,9-10,12-13H,1-4H2. The van der Waals surface area contributed by atoms with Crippen LogP contribution >= 0.6 is 25.3 Å². The van der Waals surface area contributed by atoms with Crippen molar-refractivity contribution < 1.29 is 10.2 Å². The summed E-state index contributed by atoms with van der Waals surface area (Å²) in [5.41, 5.74) is -1.41. The number of thiol groups is 2. The number of aliphatic hydroxyl groups is 2. The summed E-state index contributed by atoms with van der Waals surface area (Å²) in [4.78, 5) is 10.3. The predicted octanol–water partition coefficient (Wildman–Crippen LogP) is 1.18. The van der Waals surface area contributed by atoms with Crippen molar-refractivity contribution in [3.05, 3.63) is 4.91 Å². The molecule has 0 aromatic carbocycles. The molecule has 0 aromatic heterocycles. The van der Waals surface area contributed by atoms with Crippen LogP contribution in [-0.2, 0) is 0 Å². The van der Waals surface area contributed by atoms with Gasteiger partial charge in [-0.15, -0.1) is 25.3 Å². The normalized spacial score (nSPS) is 17.8. The van der Waals surface area contributed by atoms with Crippen LogP contribution in [0.3, 0.4) is 0 Å². The van der Waals surface area contributed by atoms with Gasteiger partial charge in [-0.05, 0) is 25.7 Å². The van der Waals surface area contributed by atoms with Crippen LogP contribution in [0, 0.1) is 4.91 Å². The van der Waals surface area contributed by atoms with Gasteiger partial charge in [-0.2, -0.15) is 4.91 Å². The second kappa shape index (κ2) is 7.61. The van der Waals surface area contributed by atoms with Crippen molar-refractivity contribution in [2.45, 2.75) is 42.6 Å². The first-order valence-corrected chi connectivity index (χ1v) is 5.14. The maximum atomic E-state index is 10.3. The van der Waals surface area contributed by atoms with Gasteiger partial charge in [0.05, 0.1) is 16.9 Å². The molecule has 2 N–H and O–H groups in total. The smallest absolute Gasteiger partial charge is 0.0965 e. The minimum absolute atomic E-state index is 0.358. The first-order valence-electron chi connectivity index (χ1n) is 4.11. The molecule has 0 rings (SSSR count). The Morgan fingerprint density at radius 1 is 1.00 bits per heavy atom. The quantitative estimate of drug-likeness (QED) is 0.299. The van der Waals surface area contributed by atoms with Crippen LogP contribution in [0.4, 0.5) is 0 Å². The summed E-state index contributed by atoms with van der Waals surface area (Å²) in [6.45, 7) is 0. The zero-order valence-electron chi connectivity index (χ0n) is 7.20. The summed E-state index contributed by atoms with van der Waals surface area (Å²) >= 11 is 7.54. The Morgan fingerprint density at radius 2 is 1.38 bits per heavy atom. The van der Waals surface area contributed by atoms with E-state index in [1.165, 1.54) is 0 Å². The maximum absolute atomic E-state index is 10.3. The third kappa shape index (κ3) is 8.55. The Labute approximate surface area is 88.5 Å². The van der Waals surface area contributed by atoms with Crippen LogP contribution in [0.2, 0.25) is 0 Å². The van der Waals surface area contributed by atoms with Crippen LogP contribution in [-0.4, -0.2) is 27.1 Å². The maximum Gasteiger partial charge on any atom is 0.0965 e. The molecule has 0 saturated heterocycles. The Morgan fingerprint density at radius 3 is 1.62 bits per heavy atom. The van der Waals surface area contributed by atoms with Gasteiger partial charge in [0.1, 0.15) is 0 Å². The molecule has 0 radical (unpaired) electrons. The van der Waals surface area contributed by atoms with Crippen molar-refractivity contribution in [2.75, 3.05) is 0 Å². The summed E-state index contributed by atoms with van der Waals surface area (Å²) in [5.74, 6) is 0. The molecule has 0 amide bonds. The lowest BCUT2D eigenvalue weighted by Gasteiger charge is -2.10. The van der Waals surface area contributed by atoms with Gasteiger partial charge in [0, 0.05) is 0 Å². The van der Waals surface area contributed by atoms with E-state index in [9.17, 15) is 4.91 Å². The number of rotatable bonds is 7. The minimum atomic E-state index is -0.704. The lowest BCUT2D eigenvalue weighted by Crippen LogP contribution is -2.10. The zero-order chi connectivity index (χ0) is 10.3. The molecule has 0 aliphatic rings. The lowest BCUT2D eigenvalue weighted by atomic mass is 10.1. The molecule has 4 nitrogen and oxygen atoms in total. The molecule has 0 heterocycles. The Bertz CT molecular complexity index is 132. The molecule has 13 heavy (non-hydrogen) atoms. The van der Waals surface area contributed by atoms with Gasteiger partial charge >= 0.3 is 0 Å². The fourth-order valence-corrected chi connectivity index (χ4v) is 1.23. The number of nitroso groups, excluding NO2 is 1. The Kier molecular flexibility index (Phi) is 7.74. The molecule has 0 saturated carbocycles. The highest BCUT2D eigenvalue weighted by atomic mass is 32.1. The monoisotopic (exact) mass is 225 g/mol. The highest BCUT2D eigenvalue weighted by Gasteiger charge is 2.11. The van der Waals surface area contributed by atoms with Crippen molar-refractivity contribution in [3.63, 3.8) is 0 Å². The van der Waals surface area contributed by atoms with Crippen LogP contribution in [0.1, 0.15) is 25.7 Å². The van der Waals surface area contributed by atoms with Crippen molar-refractivity contribution in [2.24, 2.45) is 5.18 Å². The van der Waals surface area contributed by atoms with E-state index in [1.54, 1.807) is 0 Å². The second-order valence-corrected chi connectivity index (χ2v) is 4.07. The van der Waals surface area contributed by atoms with Crippen molar-refractivity contribution in [3.8, 4) is 0 Å². The molecule has 0 aromatic rings. The van der Waals surface area contributed by atoms with E-state index in [4.69, 9.17) is 10.2 Å². The summed E-state index contributed by atoms with van der Waals surface area (Å²) in [6, 6.07) is -0.358. The van der Waals surface area contributed by atoms with E-state index in [0.717, 1.165) is 0 Å². The largest absolute Gasteiger partial charge is 0.383 e. The molecular formula is C7H15NO3S2. The van der Waals surface area contributed by atoms with Gasteiger partial charge in [0.15, 0.2) is 0 Å². The Balaban J connectivity index is 3.57. The van der Waals surface area contributed by atoms with E-state index in [1.807, 2.05) is 0 Å². The van der Waals surface area contributed by atoms with Crippen LogP contribution < -0.4 is 0 Å². The van der Waals surface area contributed by atoms with Crippen LogP contribution in [0.5, 0.6) is 0 Å². The average Bonchev–Trinajstić information content (AvgIpc) is 2.04. The molecule has 0 fully saturated rings. The molecule has 78 valence electrons. The van der Waals surface area contributed by atoms with Gasteiger partial charge in [0.2, 0.25) is 0 Å². The van der Waals surface area contributed by atoms with Gasteiger partial charge < -0.3 is 10.2 Å². The van der Waals surface area contributed by atoms with Gasteiger partial charge in [-0.3, -0.25) is 0 Å². The van der Waals surface area contributed by atoms with Crippen molar-refractivity contribution >= 4 is 25.3 Å². The molecular weight excluding hydrogens is 210 g/mol. The molecule has 2 atom stereocenters. The SMILES string of the molecule is O=NC(CCC(O)S)CCC(O)S. The van der Waals surface area contributed by atoms with Gasteiger partial charge in [0.25, 0.3) is 0 Å². The summed E-state index contributed by atoms with van der Waals surface area (Å²) < 4.78 is 0. The number of aliphatic hydroxyl groups excluding tert-OH is 2. The van der Waals surface area contributed by atoms with E-state index in [2.05, 4.69) is 30.4 Å². The highest BCUT2D eigenvalue weighted by Crippen LogP contribution is 2.14. The summed E-state index contributed by atoms with van der Waals surface area (Å²) in [6.07, 6.45) is 1.85. The van der Waals surface area contributed by atoms with Crippen molar-refractivity contribution in [1.29, 1.82) is 0 Å². The molecule has 6 heteroatoms. The molecule has 2 unspecified atom stereocenters. The molecule has 0 aliphatic heterocycles. The van der Waals surface area contributed by atoms with Gasteiger partial charge in [-0.25, -0.2) is 0 Å². The van der Waals surface area contributed by atoms with E-state index < -0.39 is 10.9 Å². The summed E-state index contributed by atoms with van der Waals surface area (Å²) in [7, 11) is 0. The van der Waals surface area contributed by atoms with E-state index >= 15 is 0 Å². The number of hydrogen-bond acceptors (Lipinski definition) is 6. The molecule has 0 spiro atoms. The zero-order valence-corrected chi connectivity index (χ0v) is 8.99. The first kappa shape index (κ1) is 13.2. The van der Waals surface area contributed by atoms with Crippen LogP contribution in [0.25, 0.3) is 0 Å². The number of nitrogens with zero attached hydrogens (tertiary/aromatic N) is 1. The predicted molar refractivity (Wildman–Crippen MR) is 58.0 cm³/mol. The second-order valence-electron chi connectivity index (χ2n) is 2.88. The van der Waals surface area contributed by atoms with Crippen molar-refractivity contribution in [1.82, 2.24) is 0 Å². The van der Waals surface area contributed by atoms with E-state index in [0.29, 0.717) is 25.7 Å². The first-order chi connectivity index (χ1) is 6.06. The third-order valence-corrected chi connectivity index (χ3v) is 2.18. The number of hydrogen-bond donors (Lipinski definition) is 4.